The van der Waals surface area contributed by atoms with Gasteiger partial charge in [-0.2, -0.15) is 0 Å². The maximum Gasteiger partial charge on any atom is 0.0195 e. The first-order valence-corrected chi connectivity index (χ1v) is 6.95. The highest BCUT2D eigenvalue weighted by Crippen LogP contribution is 2.16. The maximum atomic E-state index is 3.59. The number of likely N-dealkylation sites (N-methyl/N-ethyl adjacent to an activating group) is 1. The lowest BCUT2D eigenvalue weighted by Crippen LogP contribution is -2.46. The average molecular weight is 225 g/mol. The molecule has 0 amide bonds. The summed E-state index contributed by atoms with van der Waals surface area (Å²) in [6.45, 7) is 8.56. The molecule has 2 rings (SSSR count). The van der Waals surface area contributed by atoms with Crippen LogP contribution in [0, 0.1) is 0 Å². The minimum Gasteiger partial charge on any atom is -0.313 e. The molecule has 3 heteroatoms. The Bertz CT molecular complexity index is 193. The molecule has 0 aromatic heterocycles. The van der Waals surface area contributed by atoms with Gasteiger partial charge in [0.1, 0.15) is 0 Å². The molecule has 2 aliphatic heterocycles. The van der Waals surface area contributed by atoms with Crippen LogP contribution in [0.1, 0.15) is 32.6 Å². The van der Waals surface area contributed by atoms with Gasteiger partial charge in [-0.1, -0.05) is 6.92 Å². The number of rotatable bonds is 4. The first-order valence-electron chi connectivity index (χ1n) is 6.95. The van der Waals surface area contributed by atoms with E-state index >= 15 is 0 Å². The van der Waals surface area contributed by atoms with E-state index in [1.54, 1.807) is 0 Å². The quantitative estimate of drug-likeness (QED) is 0.774. The summed E-state index contributed by atoms with van der Waals surface area (Å²) in [7, 11) is 2.31. The van der Waals surface area contributed by atoms with E-state index in [1.807, 2.05) is 0 Å². The van der Waals surface area contributed by atoms with Crippen molar-refractivity contribution in [3.05, 3.63) is 0 Å². The fourth-order valence-corrected chi connectivity index (χ4v) is 3.09. The zero-order valence-electron chi connectivity index (χ0n) is 10.9. The van der Waals surface area contributed by atoms with Crippen molar-refractivity contribution in [1.82, 2.24) is 15.1 Å². The highest BCUT2D eigenvalue weighted by atomic mass is 15.2. The molecule has 0 aromatic carbocycles. The first kappa shape index (κ1) is 12.3. The third kappa shape index (κ3) is 3.19. The van der Waals surface area contributed by atoms with Gasteiger partial charge in [0.2, 0.25) is 0 Å². The van der Waals surface area contributed by atoms with E-state index in [0.29, 0.717) is 0 Å². The number of hydrogen-bond acceptors (Lipinski definition) is 3. The van der Waals surface area contributed by atoms with Gasteiger partial charge in [0, 0.05) is 18.6 Å². The molecular formula is C13H27N3. The van der Waals surface area contributed by atoms with Crippen LogP contribution in [-0.4, -0.2) is 61.7 Å². The van der Waals surface area contributed by atoms with Crippen LogP contribution in [0.15, 0.2) is 0 Å². The number of nitrogens with zero attached hydrogens (tertiary/aromatic N) is 2. The molecule has 2 heterocycles. The lowest BCUT2D eigenvalue weighted by molar-refractivity contribution is 0.125. The Hall–Kier alpha value is -0.120. The molecule has 0 aromatic rings. The molecule has 1 N–H and O–H groups in total. The van der Waals surface area contributed by atoms with Gasteiger partial charge in [0.05, 0.1) is 0 Å². The van der Waals surface area contributed by atoms with E-state index in [1.165, 1.54) is 58.4 Å². The predicted molar refractivity (Wildman–Crippen MR) is 68.8 cm³/mol. The Kier molecular flexibility index (Phi) is 4.62. The van der Waals surface area contributed by atoms with Crippen molar-refractivity contribution in [2.24, 2.45) is 0 Å². The fourth-order valence-electron chi connectivity index (χ4n) is 3.09. The molecule has 1 atom stereocenters. The summed E-state index contributed by atoms with van der Waals surface area (Å²) in [6.07, 6.45) is 5.46. The standard InChI is InChI=1S/C13H27N3/c1-3-16-9-6-13(7-10-16)15(2)11-12-5-4-8-14-12/h12-14H,3-11H2,1-2H3. The monoisotopic (exact) mass is 225 g/mol. The number of likely N-dealkylation sites (tertiary alicyclic amines) is 1. The van der Waals surface area contributed by atoms with Crippen molar-refractivity contribution in [2.75, 3.05) is 39.8 Å². The summed E-state index contributed by atoms with van der Waals surface area (Å²) in [5.41, 5.74) is 0. The van der Waals surface area contributed by atoms with Crippen LogP contribution in [0.4, 0.5) is 0 Å². The number of hydrogen-bond donors (Lipinski definition) is 1. The van der Waals surface area contributed by atoms with E-state index in [4.69, 9.17) is 0 Å². The summed E-state index contributed by atoms with van der Waals surface area (Å²) in [5, 5.41) is 3.59. The van der Waals surface area contributed by atoms with Gasteiger partial charge in [0.25, 0.3) is 0 Å². The summed E-state index contributed by atoms with van der Waals surface area (Å²) in [6, 6.07) is 1.58. The van der Waals surface area contributed by atoms with Gasteiger partial charge in [-0.05, 0) is 58.9 Å². The van der Waals surface area contributed by atoms with E-state index in [2.05, 4.69) is 29.1 Å². The first-order chi connectivity index (χ1) is 7.79. The zero-order valence-corrected chi connectivity index (χ0v) is 10.9. The molecule has 0 aliphatic carbocycles. The largest absolute Gasteiger partial charge is 0.313 e. The Morgan fingerprint density at radius 2 is 2.00 bits per heavy atom. The molecule has 0 radical (unpaired) electrons. The summed E-state index contributed by atoms with van der Waals surface area (Å²) < 4.78 is 0. The summed E-state index contributed by atoms with van der Waals surface area (Å²) in [4.78, 5) is 5.16. The third-order valence-corrected chi connectivity index (χ3v) is 4.30. The lowest BCUT2D eigenvalue weighted by Gasteiger charge is -2.37. The molecule has 2 fully saturated rings. The van der Waals surface area contributed by atoms with Crippen molar-refractivity contribution in [2.45, 2.75) is 44.7 Å². The van der Waals surface area contributed by atoms with E-state index in [-0.39, 0.29) is 0 Å². The molecular weight excluding hydrogens is 198 g/mol. The molecule has 0 spiro atoms. The van der Waals surface area contributed by atoms with Crippen LogP contribution in [0.25, 0.3) is 0 Å². The van der Waals surface area contributed by atoms with Crippen molar-refractivity contribution in [3.63, 3.8) is 0 Å². The van der Waals surface area contributed by atoms with Crippen LogP contribution in [0.5, 0.6) is 0 Å². The van der Waals surface area contributed by atoms with E-state index in [9.17, 15) is 0 Å². The minimum absolute atomic E-state index is 0.759. The van der Waals surface area contributed by atoms with Gasteiger partial charge in [-0.25, -0.2) is 0 Å². The molecule has 3 nitrogen and oxygen atoms in total. The van der Waals surface area contributed by atoms with Crippen LogP contribution in [0.3, 0.4) is 0 Å². The van der Waals surface area contributed by atoms with Gasteiger partial charge in [0.15, 0.2) is 0 Å². The highest BCUT2D eigenvalue weighted by Gasteiger charge is 2.24. The van der Waals surface area contributed by atoms with Crippen molar-refractivity contribution in [3.8, 4) is 0 Å². The smallest absolute Gasteiger partial charge is 0.0195 e. The summed E-state index contributed by atoms with van der Waals surface area (Å²) >= 11 is 0. The normalized spacial score (nSPS) is 29.1. The Labute approximate surface area is 100 Å². The van der Waals surface area contributed by atoms with Crippen LogP contribution in [-0.2, 0) is 0 Å². The molecule has 16 heavy (non-hydrogen) atoms. The summed E-state index contributed by atoms with van der Waals surface area (Å²) in [5.74, 6) is 0. The molecule has 2 saturated heterocycles. The van der Waals surface area contributed by atoms with Gasteiger partial charge in [-0.3, -0.25) is 0 Å². The van der Waals surface area contributed by atoms with Gasteiger partial charge in [-0.15, -0.1) is 0 Å². The topological polar surface area (TPSA) is 18.5 Å². The molecule has 94 valence electrons. The molecule has 1 unspecified atom stereocenters. The van der Waals surface area contributed by atoms with E-state index < -0.39 is 0 Å². The second kappa shape index (κ2) is 5.99. The second-order valence-electron chi connectivity index (χ2n) is 5.40. The molecule has 0 bridgehead atoms. The van der Waals surface area contributed by atoms with Crippen LogP contribution < -0.4 is 5.32 Å². The van der Waals surface area contributed by atoms with E-state index in [0.717, 1.165) is 12.1 Å². The van der Waals surface area contributed by atoms with Gasteiger partial charge < -0.3 is 15.1 Å². The Balaban J connectivity index is 1.70. The lowest BCUT2D eigenvalue weighted by atomic mass is 10.0. The SMILES string of the molecule is CCN1CCC(N(C)CC2CCCN2)CC1. The predicted octanol–water partition coefficient (Wildman–Crippen LogP) is 1.15. The van der Waals surface area contributed by atoms with Crippen molar-refractivity contribution in [1.29, 1.82) is 0 Å². The van der Waals surface area contributed by atoms with Crippen molar-refractivity contribution >= 4 is 0 Å². The van der Waals surface area contributed by atoms with Crippen molar-refractivity contribution < 1.29 is 0 Å². The van der Waals surface area contributed by atoms with Crippen LogP contribution >= 0.6 is 0 Å². The fraction of sp³-hybridized carbons (Fsp3) is 1.00. The third-order valence-electron chi connectivity index (χ3n) is 4.30. The maximum absolute atomic E-state index is 3.59. The highest BCUT2D eigenvalue weighted by molar-refractivity contribution is 4.82. The second-order valence-corrected chi connectivity index (χ2v) is 5.40. The zero-order chi connectivity index (χ0) is 11.4. The molecule has 0 saturated carbocycles. The molecule has 2 aliphatic rings. The minimum atomic E-state index is 0.759. The number of nitrogens with one attached hydrogen (secondary N) is 1. The van der Waals surface area contributed by atoms with Crippen LogP contribution in [0.2, 0.25) is 0 Å². The Morgan fingerprint density at radius 3 is 2.56 bits per heavy atom. The average Bonchev–Trinajstić information content (AvgIpc) is 2.82. The Morgan fingerprint density at radius 1 is 1.25 bits per heavy atom. The van der Waals surface area contributed by atoms with Gasteiger partial charge >= 0.3 is 0 Å². The number of piperidine rings is 1.